The minimum Gasteiger partial charge on any atom is -0.398 e. The monoisotopic (exact) mass is 569 g/mol. The summed E-state index contributed by atoms with van der Waals surface area (Å²) in [7, 11) is 1.69. The van der Waals surface area contributed by atoms with E-state index < -0.39 is 0 Å². The molecular formula is C34H31N7O2. The second kappa shape index (κ2) is 11.3. The molecule has 0 atom stereocenters. The molecule has 9 heteroatoms. The van der Waals surface area contributed by atoms with E-state index in [-0.39, 0.29) is 18.5 Å². The highest BCUT2D eigenvalue weighted by Gasteiger charge is 2.31. The fourth-order valence-corrected chi connectivity index (χ4v) is 5.06. The van der Waals surface area contributed by atoms with E-state index in [2.05, 4.69) is 20.6 Å². The van der Waals surface area contributed by atoms with Crippen molar-refractivity contribution in [2.24, 2.45) is 0 Å². The Morgan fingerprint density at radius 3 is 2.40 bits per heavy atom. The number of urea groups is 1. The maximum absolute atomic E-state index is 13.6. The first-order valence-electron chi connectivity index (χ1n) is 13.9. The maximum Gasteiger partial charge on any atom is 0.330 e. The Bertz CT molecular complexity index is 1860. The Kier molecular flexibility index (Phi) is 7.21. The molecule has 6 rings (SSSR count). The average molecular weight is 570 g/mol. The summed E-state index contributed by atoms with van der Waals surface area (Å²) in [6, 6.07) is 28.4. The van der Waals surface area contributed by atoms with E-state index in [0.29, 0.717) is 34.4 Å². The number of nitrogen functional groups attached to an aromatic ring is 1. The number of benzene rings is 4. The van der Waals surface area contributed by atoms with E-state index in [4.69, 9.17) is 5.73 Å². The second-order valence-electron chi connectivity index (χ2n) is 10.6. The summed E-state index contributed by atoms with van der Waals surface area (Å²) in [5.41, 5.74) is 14.0. The van der Waals surface area contributed by atoms with Gasteiger partial charge in [-0.25, -0.2) is 9.78 Å². The van der Waals surface area contributed by atoms with Crippen molar-refractivity contribution in [2.75, 3.05) is 33.2 Å². The molecule has 2 heterocycles. The van der Waals surface area contributed by atoms with Crippen LogP contribution >= 0.6 is 0 Å². The molecule has 5 aromatic rings. The fraction of sp³-hybridized carbons (Fsp3) is 0.118. The lowest BCUT2D eigenvalue weighted by atomic mass is 10.0. The lowest BCUT2D eigenvalue weighted by Crippen LogP contribution is -2.46. The van der Waals surface area contributed by atoms with Crippen molar-refractivity contribution in [2.45, 2.75) is 20.4 Å². The maximum atomic E-state index is 13.6. The minimum absolute atomic E-state index is 0.233. The quantitative estimate of drug-likeness (QED) is 0.191. The molecule has 0 bridgehead atoms. The van der Waals surface area contributed by atoms with E-state index in [1.54, 1.807) is 24.2 Å². The van der Waals surface area contributed by atoms with Gasteiger partial charge in [0.25, 0.3) is 5.91 Å². The average Bonchev–Trinajstić information content (AvgIpc) is 3.02. The highest BCUT2D eigenvalue weighted by atomic mass is 16.2. The van der Waals surface area contributed by atoms with Gasteiger partial charge < -0.3 is 16.4 Å². The van der Waals surface area contributed by atoms with Gasteiger partial charge in [-0.15, -0.1) is 0 Å². The summed E-state index contributed by atoms with van der Waals surface area (Å²) >= 11 is 0. The number of anilines is 6. The van der Waals surface area contributed by atoms with Crippen LogP contribution in [0.25, 0.3) is 11.1 Å². The Balaban J connectivity index is 1.22. The first-order valence-corrected chi connectivity index (χ1v) is 13.9. The largest absolute Gasteiger partial charge is 0.398 e. The van der Waals surface area contributed by atoms with Crippen LogP contribution in [0.4, 0.5) is 39.3 Å². The van der Waals surface area contributed by atoms with Gasteiger partial charge in [-0.2, -0.15) is 4.98 Å². The van der Waals surface area contributed by atoms with Crippen molar-refractivity contribution in [1.82, 2.24) is 9.97 Å². The molecule has 0 aliphatic carbocycles. The van der Waals surface area contributed by atoms with E-state index in [1.165, 1.54) is 4.90 Å². The SMILES string of the molecule is Cc1ccc(Nc2ncc3c(n2)N(C)C(=O)N(c2cc(NC(=O)c4cccc(-c5ccccc5)c4)ccc2C)C3)cc1N. The molecule has 0 fully saturated rings. The van der Waals surface area contributed by atoms with Crippen LogP contribution in [-0.4, -0.2) is 29.0 Å². The second-order valence-corrected chi connectivity index (χ2v) is 10.6. The van der Waals surface area contributed by atoms with Crippen molar-refractivity contribution < 1.29 is 9.59 Å². The van der Waals surface area contributed by atoms with Crippen molar-refractivity contribution in [3.63, 3.8) is 0 Å². The highest BCUT2D eigenvalue weighted by Crippen LogP contribution is 2.34. The molecule has 0 spiro atoms. The van der Waals surface area contributed by atoms with Gasteiger partial charge in [0.2, 0.25) is 5.95 Å². The number of amides is 3. The van der Waals surface area contributed by atoms with Crippen LogP contribution in [0.5, 0.6) is 0 Å². The highest BCUT2D eigenvalue weighted by molar-refractivity contribution is 6.07. The van der Waals surface area contributed by atoms with Crippen LogP contribution < -0.4 is 26.2 Å². The van der Waals surface area contributed by atoms with E-state index in [0.717, 1.165) is 33.5 Å². The third kappa shape index (κ3) is 5.60. The number of nitrogens with one attached hydrogen (secondary N) is 2. The summed E-state index contributed by atoms with van der Waals surface area (Å²) in [4.78, 5) is 39.1. The molecule has 43 heavy (non-hydrogen) atoms. The summed E-state index contributed by atoms with van der Waals surface area (Å²) in [6.07, 6.45) is 1.72. The standard InChI is InChI=1S/C34H31N7O2/c1-21-12-14-27(17-29(21)35)38-33-36-19-26-20-41(34(43)40(3)31(26)39-33)30-18-28(15-13-22(30)2)37-32(42)25-11-7-10-24(16-25)23-8-5-4-6-9-23/h4-19H,20,35H2,1-3H3,(H,37,42)(H,36,38,39). The summed E-state index contributed by atoms with van der Waals surface area (Å²) in [6.45, 7) is 4.16. The number of aromatic nitrogens is 2. The van der Waals surface area contributed by atoms with Crippen LogP contribution in [0.3, 0.4) is 0 Å². The zero-order chi connectivity index (χ0) is 30.1. The lowest BCUT2D eigenvalue weighted by Gasteiger charge is -2.35. The third-order valence-electron chi connectivity index (χ3n) is 7.53. The number of carbonyl (C=O) groups excluding carboxylic acids is 2. The van der Waals surface area contributed by atoms with Gasteiger partial charge in [0.1, 0.15) is 5.82 Å². The van der Waals surface area contributed by atoms with Crippen molar-refractivity contribution >= 4 is 46.5 Å². The molecule has 9 nitrogen and oxygen atoms in total. The first-order chi connectivity index (χ1) is 20.8. The van der Waals surface area contributed by atoms with Crippen LogP contribution in [0, 0.1) is 13.8 Å². The summed E-state index contributed by atoms with van der Waals surface area (Å²) in [5, 5.41) is 6.16. The summed E-state index contributed by atoms with van der Waals surface area (Å²) in [5.74, 6) is 0.662. The molecule has 3 amide bonds. The molecule has 1 aliphatic heterocycles. The van der Waals surface area contributed by atoms with E-state index >= 15 is 0 Å². The molecule has 0 unspecified atom stereocenters. The Morgan fingerprint density at radius 1 is 0.860 bits per heavy atom. The van der Waals surface area contributed by atoms with Crippen LogP contribution in [0.2, 0.25) is 0 Å². The van der Waals surface area contributed by atoms with E-state index in [1.807, 2.05) is 98.8 Å². The van der Waals surface area contributed by atoms with Crippen molar-refractivity contribution in [3.05, 3.63) is 119 Å². The molecule has 214 valence electrons. The smallest absolute Gasteiger partial charge is 0.330 e. The molecule has 1 aliphatic rings. The molecule has 0 radical (unpaired) electrons. The number of nitrogens with two attached hydrogens (primary N) is 1. The van der Waals surface area contributed by atoms with Crippen molar-refractivity contribution in [1.29, 1.82) is 0 Å². The van der Waals surface area contributed by atoms with Crippen LogP contribution in [0.1, 0.15) is 27.0 Å². The topological polar surface area (TPSA) is 116 Å². The number of fused-ring (bicyclic) bond motifs is 1. The van der Waals surface area contributed by atoms with E-state index in [9.17, 15) is 9.59 Å². The number of hydrogen-bond acceptors (Lipinski definition) is 6. The molecule has 4 aromatic carbocycles. The zero-order valence-corrected chi connectivity index (χ0v) is 24.1. The number of hydrogen-bond donors (Lipinski definition) is 3. The van der Waals surface area contributed by atoms with Crippen molar-refractivity contribution in [3.8, 4) is 11.1 Å². The number of nitrogens with zero attached hydrogens (tertiary/aromatic N) is 4. The van der Waals surface area contributed by atoms with Gasteiger partial charge in [-0.05, 0) is 72.5 Å². The Hall–Kier alpha value is -5.70. The third-order valence-corrected chi connectivity index (χ3v) is 7.53. The Labute approximate surface area is 250 Å². The van der Waals surface area contributed by atoms with Crippen LogP contribution in [-0.2, 0) is 6.54 Å². The zero-order valence-electron chi connectivity index (χ0n) is 24.1. The predicted octanol–water partition coefficient (Wildman–Crippen LogP) is 6.91. The van der Waals surface area contributed by atoms with Gasteiger partial charge in [-0.1, -0.05) is 54.6 Å². The first kappa shape index (κ1) is 27.5. The van der Waals surface area contributed by atoms with Gasteiger partial charge >= 0.3 is 6.03 Å². The number of rotatable bonds is 6. The molecule has 0 saturated carbocycles. The molecular weight excluding hydrogens is 538 g/mol. The minimum atomic E-state index is -0.237. The van der Waals surface area contributed by atoms with Gasteiger partial charge in [-0.3, -0.25) is 14.6 Å². The lowest BCUT2D eigenvalue weighted by molar-refractivity contribution is 0.102. The number of aryl methyl sites for hydroxylation is 2. The fourth-order valence-electron chi connectivity index (χ4n) is 5.06. The van der Waals surface area contributed by atoms with Gasteiger partial charge in [0.05, 0.1) is 12.2 Å². The number of carbonyl (C=O) groups is 2. The molecule has 1 aromatic heterocycles. The van der Waals surface area contributed by atoms with Gasteiger partial charge in [0.15, 0.2) is 0 Å². The molecule has 0 saturated heterocycles. The predicted molar refractivity (Wildman–Crippen MR) is 172 cm³/mol. The Morgan fingerprint density at radius 2 is 1.60 bits per heavy atom. The van der Waals surface area contributed by atoms with Gasteiger partial charge in [0, 0.05) is 41.4 Å². The summed E-state index contributed by atoms with van der Waals surface area (Å²) < 4.78 is 0. The molecule has 4 N–H and O–H groups in total. The van der Waals surface area contributed by atoms with Crippen LogP contribution in [0.15, 0.2) is 97.2 Å². The normalized spacial score (nSPS) is 12.6.